The molecule has 3 aromatic carbocycles. The monoisotopic (exact) mass is 479 g/mol. The van der Waals surface area contributed by atoms with Gasteiger partial charge in [0.2, 0.25) is 0 Å². The highest BCUT2D eigenvalue weighted by Gasteiger charge is 2.34. The van der Waals surface area contributed by atoms with Gasteiger partial charge in [0.05, 0.1) is 22.0 Å². The van der Waals surface area contributed by atoms with Crippen molar-refractivity contribution in [3.63, 3.8) is 0 Å². The Kier molecular flexibility index (Phi) is 7.12. The molecular formula is C25H18ClNO5S. The molecule has 0 aromatic heterocycles. The molecule has 1 heterocycles. The number of amides is 2. The number of imide groups is 1. The number of rotatable bonds is 7. The Morgan fingerprint density at radius 3 is 2.52 bits per heavy atom. The zero-order valence-electron chi connectivity index (χ0n) is 17.3. The van der Waals surface area contributed by atoms with Crippen molar-refractivity contribution in [1.29, 1.82) is 0 Å². The van der Waals surface area contributed by atoms with Gasteiger partial charge in [-0.25, -0.2) is 4.79 Å². The van der Waals surface area contributed by atoms with E-state index in [1.807, 2.05) is 6.07 Å². The van der Waals surface area contributed by atoms with Crippen LogP contribution in [0.25, 0.3) is 6.08 Å². The third-order valence-corrected chi connectivity index (χ3v) is 5.88. The van der Waals surface area contributed by atoms with Gasteiger partial charge in [0.15, 0.2) is 0 Å². The number of benzene rings is 3. The van der Waals surface area contributed by atoms with Crippen LogP contribution in [0.4, 0.5) is 4.79 Å². The Morgan fingerprint density at radius 2 is 1.73 bits per heavy atom. The molecule has 0 radical (unpaired) electrons. The highest BCUT2D eigenvalue weighted by molar-refractivity contribution is 8.18. The maximum atomic E-state index is 12.7. The highest BCUT2D eigenvalue weighted by atomic mass is 35.5. The number of carbonyl (C=O) groups is 3. The number of ether oxygens (including phenoxy) is 2. The lowest BCUT2D eigenvalue weighted by Gasteiger charge is -2.13. The molecule has 33 heavy (non-hydrogen) atoms. The molecule has 4 rings (SSSR count). The van der Waals surface area contributed by atoms with Crippen molar-refractivity contribution >= 4 is 46.6 Å². The van der Waals surface area contributed by atoms with Gasteiger partial charge in [0.1, 0.15) is 18.1 Å². The van der Waals surface area contributed by atoms with E-state index >= 15 is 0 Å². The molecule has 1 aliphatic heterocycles. The number of para-hydroxylation sites is 1. The second-order valence-electron chi connectivity index (χ2n) is 6.94. The summed E-state index contributed by atoms with van der Waals surface area (Å²) < 4.78 is 11.0. The molecule has 0 unspecified atom stereocenters. The molecule has 8 heteroatoms. The van der Waals surface area contributed by atoms with Crippen LogP contribution >= 0.6 is 23.4 Å². The Morgan fingerprint density at radius 1 is 0.970 bits per heavy atom. The number of hydrogen-bond donors (Lipinski definition) is 0. The number of thioether (sulfide) groups is 1. The maximum Gasteiger partial charge on any atom is 0.343 e. The van der Waals surface area contributed by atoms with Crippen LogP contribution in [0.3, 0.4) is 0 Å². The van der Waals surface area contributed by atoms with Gasteiger partial charge in [-0.15, -0.1) is 0 Å². The first-order valence-corrected chi connectivity index (χ1v) is 11.2. The molecule has 0 spiro atoms. The lowest BCUT2D eigenvalue weighted by molar-refractivity contribution is -0.123. The van der Waals surface area contributed by atoms with Crippen molar-refractivity contribution < 1.29 is 23.9 Å². The van der Waals surface area contributed by atoms with E-state index in [1.165, 1.54) is 0 Å². The second kappa shape index (κ2) is 10.4. The molecule has 1 aliphatic rings. The van der Waals surface area contributed by atoms with Crippen molar-refractivity contribution in [2.75, 3.05) is 13.2 Å². The van der Waals surface area contributed by atoms with E-state index < -0.39 is 11.9 Å². The molecule has 6 nitrogen and oxygen atoms in total. The van der Waals surface area contributed by atoms with Crippen LogP contribution in [-0.2, 0) is 4.79 Å². The molecular weight excluding hydrogens is 462 g/mol. The normalized spacial score (nSPS) is 14.6. The lowest BCUT2D eigenvalue weighted by Crippen LogP contribution is -2.32. The summed E-state index contributed by atoms with van der Waals surface area (Å²) in [6, 6.07) is 22.4. The van der Waals surface area contributed by atoms with E-state index in [1.54, 1.807) is 78.9 Å². The zero-order valence-corrected chi connectivity index (χ0v) is 18.8. The smallest absolute Gasteiger partial charge is 0.343 e. The molecule has 3 aromatic rings. The average Bonchev–Trinajstić information content (AvgIpc) is 3.08. The molecule has 0 N–H and O–H groups in total. The summed E-state index contributed by atoms with van der Waals surface area (Å²) >= 11 is 6.90. The van der Waals surface area contributed by atoms with E-state index in [-0.39, 0.29) is 23.3 Å². The number of halogens is 1. The SMILES string of the molecule is O=C(Oc1cccc(/C=C2\SC(=O)N(CCOc3ccccc3Cl)C2=O)c1)c1ccccc1. The summed E-state index contributed by atoms with van der Waals surface area (Å²) in [5.41, 5.74) is 1.06. The van der Waals surface area contributed by atoms with Crippen LogP contribution in [0.15, 0.2) is 83.8 Å². The summed E-state index contributed by atoms with van der Waals surface area (Å²) in [5, 5.41) is 0.0834. The Balaban J connectivity index is 1.40. The van der Waals surface area contributed by atoms with Gasteiger partial charge < -0.3 is 9.47 Å². The van der Waals surface area contributed by atoms with E-state index in [2.05, 4.69) is 0 Å². The molecule has 0 bridgehead atoms. The number of carbonyl (C=O) groups excluding carboxylic acids is 3. The number of nitrogens with zero attached hydrogens (tertiary/aromatic N) is 1. The van der Waals surface area contributed by atoms with Gasteiger partial charge in [0, 0.05) is 0 Å². The Hall–Kier alpha value is -3.55. The molecule has 1 saturated heterocycles. The van der Waals surface area contributed by atoms with Crippen molar-refractivity contribution in [1.82, 2.24) is 4.90 Å². The van der Waals surface area contributed by atoms with Crippen LogP contribution in [0, 0.1) is 0 Å². The zero-order chi connectivity index (χ0) is 23.2. The lowest BCUT2D eigenvalue weighted by atomic mass is 10.2. The van der Waals surface area contributed by atoms with Gasteiger partial charge >= 0.3 is 5.97 Å². The fraction of sp³-hybridized carbons (Fsp3) is 0.0800. The molecule has 0 atom stereocenters. The Labute approximate surface area is 199 Å². The van der Waals surface area contributed by atoms with Gasteiger partial charge in [0.25, 0.3) is 11.1 Å². The van der Waals surface area contributed by atoms with Gasteiger partial charge in [-0.1, -0.05) is 54.1 Å². The summed E-state index contributed by atoms with van der Waals surface area (Å²) in [7, 11) is 0. The van der Waals surface area contributed by atoms with Crippen LogP contribution in [0.1, 0.15) is 15.9 Å². The number of hydrogen-bond acceptors (Lipinski definition) is 6. The minimum Gasteiger partial charge on any atom is -0.490 e. The largest absolute Gasteiger partial charge is 0.490 e. The maximum absolute atomic E-state index is 12.7. The second-order valence-corrected chi connectivity index (χ2v) is 8.34. The standard InChI is InChI=1S/C25H18ClNO5S/c26-20-11-4-5-12-21(20)31-14-13-27-23(28)22(33-25(27)30)16-17-7-6-10-19(15-17)32-24(29)18-8-2-1-3-9-18/h1-12,15-16H,13-14H2/b22-16-. The van der Waals surface area contributed by atoms with E-state index in [0.29, 0.717) is 27.6 Å². The van der Waals surface area contributed by atoms with Gasteiger partial charge in [-0.3, -0.25) is 14.5 Å². The van der Waals surface area contributed by atoms with Crippen molar-refractivity contribution in [2.45, 2.75) is 0 Å². The van der Waals surface area contributed by atoms with E-state index in [0.717, 1.165) is 16.7 Å². The van der Waals surface area contributed by atoms with E-state index in [9.17, 15) is 14.4 Å². The third kappa shape index (κ3) is 5.63. The van der Waals surface area contributed by atoms with Crippen molar-refractivity contribution in [3.05, 3.63) is 99.9 Å². The van der Waals surface area contributed by atoms with Crippen LogP contribution in [0.5, 0.6) is 11.5 Å². The molecule has 0 saturated carbocycles. The topological polar surface area (TPSA) is 72.9 Å². The first-order valence-electron chi connectivity index (χ1n) is 10.0. The summed E-state index contributed by atoms with van der Waals surface area (Å²) in [5.74, 6) is -0.0560. The Bertz CT molecular complexity index is 1230. The van der Waals surface area contributed by atoms with Crippen molar-refractivity contribution in [2.24, 2.45) is 0 Å². The predicted octanol–water partition coefficient (Wildman–Crippen LogP) is 5.67. The minimum absolute atomic E-state index is 0.0992. The quantitative estimate of drug-likeness (QED) is 0.247. The average molecular weight is 480 g/mol. The predicted molar refractivity (Wildman–Crippen MR) is 127 cm³/mol. The molecule has 166 valence electrons. The van der Waals surface area contributed by atoms with E-state index in [4.69, 9.17) is 21.1 Å². The molecule has 2 amide bonds. The molecule has 0 aliphatic carbocycles. The first kappa shape index (κ1) is 22.6. The van der Waals surface area contributed by atoms with Crippen molar-refractivity contribution in [3.8, 4) is 11.5 Å². The van der Waals surface area contributed by atoms with Gasteiger partial charge in [-0.05, 0) is 59.8 Å². The summed E-state index contributed by atoms with van der Waals surface area (Å²) in [6.07, 6.45) is 1.60. The minimum atomic E-state index is -0.480. The van der Waals surface area contributed by atoms with Crippen LogP contribution in [0.2, 0.25) is 5.02 Å². The summed E-state index contributed by atoms with van der Waals surface area (Å²) in [4.78, 5) is 38.7. The third-order valence-electron chi connectivity index (χ3n) is 4.66. The molecule has 1 fully saturated rings. The van der Waals surface area contributed by atoms with Crippen LogP contribution < -0.4 is 9.47 Å². The highest BCUT2D eigenvalue weighted by Crippen LogP contribution is 2.33. The number of esters is 1. The van der Waals surface area contributed by atoms with Gasteiger partial charge in [-0.2, -0.15) is 0 Å². The van der Waals surface area contributed by atoms with Crippen LogP contribution in [-0.4, -0.2) is 35.2 Å². The fourth-order valence-electron chi connectivity index (χ4n) is 3.06. The fourth-order valence-corrected chi connectivity index (χ4v) is 4.12. The first-order chi connectivity index (χ1) is 16.0. The summed E-state index contributed by atoms with van der Waals surface area (Å²) in [6.45, 7) is 0.224.